The third-order valence-corrected chi connectivity index (χ3v) is 1.79. The second kappa shape index (κ2) is 3.94. The van der Waals surface area contributed by atoms with Crippen LogP contribution in [0.4, 0.5) is 0 Å². The minimum absolute atomic E-state index is 0.155. The van der Waals surface area contributed by atoms with Gasteiger partial charge in [-0.3, -0.25) is 0 Å². The molecule has 0 aromatic carbocycles. The topological polar surface area (TPSA) is 32.3 Å². The molecule has 0 radical (unpaired) electrons. The third-order valence-electron chi connectivity index (χ3n) is 1.79. The van der Waals surface area contributed by atoms with Crippen molar-refractivity contribution in [1.29, 1.82) is 0 Å². The highest BCUT2D eigenvalue weighted by Gasteiger charge is 2.16. The molecule has 0 bridgehead atoms. The van der Waals surface area contributed by atoms with E-state index in [9.17, 15) is 0 Å². The molecule has 0 saturated heterocycles. The van der Waals surface area contributed by atoms with Gasteiger partial charge in [0.05, 0.1) is 6.61 Å². The lowest BCUT2D eigenvalue weighted by Crippen LogP contribution is -2.45. The minimum Gasteiger partial charge on any atom is -0.395 e. The first-order chi connectivity index (χ1) is 4.52. The summed E-state index contributed by atoms with van der Waals surface area (Å²) >= 11 is 0. The highest BCUT2D eigenvalue weighted by molar-refractivity contribution is 4.78. The summed E-state index contributed by atoms with van der Waals surface area (Å²) in [6, 6.07) is 0.204. The van der Waals surface area contributed by atoms with Crippen LogP contribution >= 0.6 is 0 Å². The highest BCUT2D eigenvalue weighted by Crippen LogP contribution is 2.07. The van der Waals surface area contributed by atoms with Crippen molar-refractivity contribution in [1.82, 2.24) is 5.32 Å². The summed E-state index contributed by atoms with van der Waals surface area (Å²) in [5, 5.41) is 12.0. The zero-order valence-electron chi connectivity index (χ0n) is 7.44. The molecule has 1 atom stereocenters. The SMILES string of the molecule is CCC(C)(C)NC(C)CO. The maximum Gasteiger partial charge on any atom is 0.0582 e. The van der Waals surface area contributed by atoms with Crippen LogP contribution in [0, 0.1) is 0 Å². The van der Waals surface area contributed by atoms with Crippen LogP contribution in [-0.2, 0) is 0 Å². The van der Waals surface area contributed by atoms with Crippen LogP contribution in [0.1, 0.15) is 34.1 Å². The number of hydrogen-bond donors (Lipinski definition) is 2. The largest absolute Gasteiger partial charge is 0.395 e. The molecule has 0 aliphatic heterocycles. The number of nitrogens with one attached hydrogen (secondary N) is 1. The lowest BCUT2D eigenvalue weighted by Gasteiger charge is -2.28. The summed E-state index contributed by atoms with van der Waals surface area (Å²) in [5.41, 5.74) is 0.155. The van der Waals surface area contributed by atoms with E-state index in [0.717, 1.165) is 6.42 Å². The zero-order valence-corrected chi connectivity index (χ0v) is 7.44. The van der Waals surface area contributed by atoms with Gasteiger partial charge >= 0.3 is 0 Å². The lowest BCUT2D eigenvalue weighted by atomic mass is 10.0. The van der Waals surface area contributed by atoms with Crippen LogP contribution in [0.25, 0.3) is 0 Å². The monoisotopic (exact) mass is 145 g/mol. The molecule has 0 amide bonds. The van der Waals surface area contributed by atoms with Gasteiger partial charge in [-0.2, -0.15) is 0 Å². The van der Waals surface area contributed by atoms with Gasteiger partial charge in [0.25, 0.3) is 0 Å². The summed E-state index contributed by atoms with van der Waals surface area (Å²) in [6.07, 6.45) is 1.08. The maximum atomic E-state index is 8.73. The van der Waals surface area contributed by atoms with Crippen LogP contribution < -0.4 is 5.32 Å². The van der Waals surface area contributed by atoms with Crippen molar-refractivity contribution < 1.29 is 5.11 Å². The van der Waals surface area contributed by atoms with Gasteiger partial charge < -0.3 is 10.4 Å². The smallest absolute Gasteiger partial charge is 0.0582 e. The van der Waals surface area contributed by atoms with Gasteiger partial charge in [-0.25, -0.2) is 0 Å². The van der Waals surface area contributed by atoms with Crippen LogP contribution in [0.3, 0.4) is 0 Å². The van der Waals surface area contributed by atoms with Gasteiger partial charge in [-0.15, -0.1) is 0 Å². The van der Waals surface area contributed by atoms with E-state index >= 15 is 0 Å². The zero-order chi connectivity index (χ0) is 8.20. The van der Waals surface area contributed by atoms with E-state index in [1.807, 2.05) is 6.92 Å². The molecule has 2 heteroatoms. The molecule has 62 valence electrons. The van der Waals surface area contributed by atoms with Crippen molar-refractivity contribution in [2.24, 2.45) is 0 Å². The van der Waals surface area contributed by atoms with Crippen molar-refractivity contribution in [2.45, 2.75) is 45.7 Å². The van der Waals surface area contributed by atoms with Crippen molar-refractivity contribution in [3.63, 3.8) is 0 Å². The Kier molecular flexibility index (Phi) is 3.91. The fourth-order valence-corrected chi connectivity index (χ4v) is 0.815. The molecular weight excluding hydrogens is 126 g/mol. The fourth-order valence-electron chi connectivity index (χ4n) is 0.815. The van der Waals surface area contributed by atoms with Gasteiger partial charge in [-0.05, 0) is 27.2 Å². The summed E-state index contributed by atoms with van der Waals surface area (Å²) < 4.78 is 0. The number of hydrogen-bond acceptors (Lipinski definition) is 2. The molecule has 0 rings (SSSR count). The van der Waals surface area contributed by atoms with E-state index in [0.29, 0.717) is 0 Å². The predicted octanol–water partition coefficient (Wildman–Crippen LogP) is 1.15. The summed E-state index contributed by atoms with van der Waals surface area (Å²) in [6.45, 7) is 8.61. The molecule has 0 aliphatic rings. The van der Waals surface area contributed by atoms with E-state index in [2.05, 4.69) is 26.1 Å². The maximum absolute atomic E-state index is 8.73. The summed E-state index contributed by atoms with van der Waals surface area (Å²) in [4.78, 5) is 0. The molecule has 0 aromatic rings. The highest BCUT2D eigenvalue weighted by atomic mass is 16.3. The molecule has 0 fully saturated rings. The van der Waals surface area contributed by atoms with Gasteiger partial charge in [0, 0.05) is 11.6 Å². The average Bonchev–Trinajstić information content (AvgIpc) is 1.87. The Hall–Kier alpha value is -0.0800. The molecule has 0 saturated carbocycles. The minimum atomic E-state index is 0.155. The van der Waals surface area contributed by atoms with E-state index in [1.165, 1.54) is 0 Å². The van der Waals surface area contributed by atoms with E-state index < -0.39 is 0 Å². The lowest BCUT2D eigenvalue weighted by molar-refractivity contribution is 0.217. The van der Waals surface area contributed by atoms with Crippen LogP contribution in [0.15, 0.2) is 0 Å². The Morgan fingerprint density at radius 3 is 2.30 bits per heavy atom. The molecule has 1 unspecified atom stereocenters. The van der Waals surface area contributed by atoms with Crippen molar-refractivity contribution in [3.8, 4) is 0 Å². The molecule has 2 N–H and O–H groups in total. The van der Waals surface area contributed by atoms with Crippen LogP contribution in [0.2, 0.25) is 0 Å². The van der Waals surface area contributed by atoms with Crippen molar-refractivity contribution in [3.05, 3.63) is 0 Å². The fraction of sp³-hybridized carbons (Fsp3) is 1.00. The molecule has 0 heterocycles. The van der Waals surface area contributed by atoms with Gasteiger partial charge in [-0.1, -0.05) is 6.92 Å². The first-order valence-corrected chi connectivity index (χ1v) is 3.90. The summed E-state index contributed by atoms with van der Waals surface area (Å²) in [5.74, 6) is 0. The third kappa shape index (κ3) is 3.85. The molecule has 2 nitrogen and oxygen atoms in total. The Bertz CT molecular complexity index is 91.3. The predicted molar refractivity (Wildman–Crippen MR) is 44.1 cm³/mol. The first-order valence-electron chi connectivity index (χ1n) is 3.90. The molecule has 0 aliphatic carbocycles. The molecular formula is C8H19NO. The normalized spacial score (nSPS) is 15.3. The summed E-state index contributed by atoms with van der Waals surface area (Å²) in [7, 11) is 0. The van der Waals surface area contributed by atoms with Crippen molar-refractivity contribution >= 4 is 0 Å². The Morgan fingerprint density at radius 1 is 1.50 bits per heavy atom. The van der Waals surface area contributed by atoms with Crippen LogP contribution in [-0.4, -0.2) is 23.3 Å². The number of rotatable bonds is 4. The number of aliphatic hydroxyl groups excluding tert-OH is 1. The molecule has 0 spiro atoms. The van der Waals surface area contributed by atoms with Gasteiger partial charge in [0.15, 0.2) is 0 Å². The molecule has 10 heavy (non-hydrogen) atoms. The standard InChI is InChI=1S/C8H19NO/c1-5-8(3,4)9-7(2)6-10/h7,9-10H,5-6H2,1-4H3. The Balaban J connectivity index is 3.64. The molecule has 0 aromatic heterocycles. The number of aliphatic hydroxyl groups is 1. The van der Waals surface area contributed by atoms with E-state index in [4.69, 9.17) is 5.11 Å². The van der Waals surface area contributed by atoms with Gasteiger partial charge in [0.2, 0.25) is 0 Å². The average molecular weight is 145 g/mol. The van der Waals surface area contributed by atoms with E-state index in [1.54, 1.807) is 0 Å². The second-order valence-corrected chi connectivity index (χ2v) is 3.47. The second-order valence-electron chi connectivity index (χ2n) is 3.47. The first kappa shape index (κ1) is 9.92. The Labute approximate surface area is 63.6 Å². The Morgan fingerprint density at radius 2 is 2.00 bits per heavy atom. The quantitative estimate of drug-likeness (QED) is 0.622. The van der Waals surface area contributed by atoms with Crippen molar-refractivity contribution in [2.75, 3.05) is 6.61 Å². The van der Waals surface area contributed by atoms with Crippen LogP contribution in [0.5, 0.6) is 0 Å². The van der Waals surface area contributed by atoms with E-state index in [-0.39, 0.29) is 18.2 Å². The van der Waals surface area contributed by atoms with Gasteiger partial charge in [0.1, 0.15) is 0 Å².